The minimum Gasteiger partial charge on any atom is -0.433 e. The molecule has 0 heterocycles. The van der Waals surface area contributed by atoms with E-state index in [1.165, 1.54) is 0 Å². The lowest BCUT2D eigenvalue weighted by atomic mass is 10.2. The van der Waals surface area contributed by atoms with Gasteiger partial charge in [-0.3, -0.25) is 14.9 Å². The van der Waals surface area contributed by atoms with Crippen LogP contribution < -0.4 is 5.32 Å². The molecule has 6 nitrogen and oxygen atoms in total. The van der Waals surface area contributed by atoms with Crippen molar-refractivity contribution in [1.82, 2.24) is 5.32 Å². The summed E-state index contributed by atoms with van der Waals surface area (Å²) >= 11 is 0. The molecule has 0 aromatic heterocycles. The molecule has 0 aromatic carbocycles. The van der Waals surface area contributed by atoms with Crippen LogP contribution in [0, 0.1) is 10.1 Å². The molecular weight excluding hydrogens is 586 g/mol. The molecule has 25 heavy (non-hydrogen) atoms. The van der Waals surface area contributed by atoms with Gasteiger partial charge >= 0.3 is 5.97 Å². The summed E-state index contributed by atoms with van der Waals surface area (Å²) in [5.74, 6) is -0.343. The predicted octanol–water partition coefficient (Wildman–Crippen LogP) is 7.29. The summed E-state index contributed by atoms with van der Waals surface area (Å²) < 4.78 is 6.10. The highest BCUT2D eigenvalue weighted by molar-refractivity contribution is 9.21. The fourth-order valence-corrected chi connectivity index (χ4v) is 119. The lowest BCUT2D eigenvalue weighted by molar-refractivity contribution is -0.480. The van der Waals surface area contributed by atoms with Gasteiger partial charge in [-0.2, -0.15) is 0 Å². The van der Waals surface area contributed by atoms with Gasteiger partial charge in [0.2, 0.25) is 6.54 Å². The first-order chi connectivity index (χ1) is 11.6. The minimum atomic E-state index is -0.886. The summed E-state index contributed by atoms with van der Waals surface area (Å²) in [5, 5.41) is 13.5. The molecule has 0 saturated carbocycles. The molecule has 148 valence electrons. The van der Waals surface area contributed by atoms with Gasteiger partial charge in [-0.15, -0.1) is 62.5 Å². The standard InChI is InChI=1S/C5H24N2O4P14/c1-6-4(2-3-7(9)10)5(8)11-20(24(19-12)21(13)14)25(22(15)16)23(17)18/h4,6,19H,2-3,12-18H2,1H3. The Hall–Kier alpha value is 4.85. The van der Waals surface area contributed by atoms with Crippen LogP contribution in [0.2, 0.25) is 0 Å². The van der Waals surface area contributed by atoms with Crippen LogP contribution in [0.25, 0.3) is 0 Å². The highest BCUT2D eigenvalue weighted by Crippen LogP contribution is 3.19. The monoisotopic (exact) mass is 610 g/mol. The van der Waals surface area contributed by atoms with Gasteiger partial charge in [0.15, 0.2) is 7.53 Å². The Balaban J connectivity index is 5.45. The van der Waals surface area contributed by atoms with E-state index >= 15 is 0 Å². The molecule has 0 radical (unpaired) electrons. The van der Waals surface area contributed by atoms with E-state index in [0.717, 1.165) is 0 Å². The summed E-state index contributed by atoms with van der Waals surface area (Å²) in [7, 11) is 21.7. The van der Waals surface area contributed by atoms with Crippen molar-refractivity contribution in [3.05, 3.63) is 10.1 Å². The number of nitrogens with zero attached hydrogens (tertiary/aromatic N) is 1. The quantitative estimate of drug-likeness (QED) is 0.143. The number of nitrogens with one attached hydrogen (secondary N) is 1. The molecule has 0 saturated heterocycles. The van der Waals surface area contributed by atoms with Crippen molar-refractivity contribution in [2.45, 2.75) is 12.5 Å². The number of rotatable bonds is 12. The smallest absolute Gasteiger partial charge is 0.326 e. The van der Waals surface area contributed by atoms with Crippen molar-refractivity contribution >= 4 is 119 Å². The van der Waals surface area contributed by atoms with E-state index in [4.69, 9.17) is 4.52 Å². The molecule has 11 unspecified atom stereocenters. The summed E-state index contributed by atoms with van der Waals surface area (Å²) in [6.45, 7) is -2.19. The second-order valence-corrected chi connectivity index (χ2v) is 55.5. The van der Waals surface area contributed by atoms with Crippen LogP contribution in [0.3, 0.4) is 0 Å². The fraction of sp³-hybridized carbons (Fsp3) is 0.800. The molecule has 0 fully saturated rings. The molecule has 0 spiro atoms. The molecule has 0 bridgehead atoms. The van der Waals surface area contributed by atoms with E-state index in [-0.39, 0.29) is 39.9 Å². The van der Waals surface area contributed by atoms with E-state index < -0.39 is 32.5 Å². The summed E-state index contributed by atoms with van der Waals surface area (Å²) in [4.78, 5) is 22.9. The van der Waals surface area contributed by atoms with Crippen molar-refractivity contribution in [3.8, 4) is 0 Å². The Morgan fingerprint density at radius 1 is 1.20 bits per heavy atom. The van der Waals surface area contributed by atoms with Crippen LogP contribution in [0.1, 0.15) is 6.42 Å². The maximum atomic E-state index is 12.7. The van der Waals surface area contributed by atoms with E-state index in [1.807, 2.05) is 0 Å². The van der Waals surface area contributed by atoms with E-state index in [2.05, 4.69) is 67.8 Å². The minimum absolute atomic E-state index is 0.147. The maximum Gasteiger partial charge on any atom is 0.326 e. The molecule has 0 aliphatic rings. The normalized spacial score (nSPS) is 16.2. The zero-order valence-electron chi connectivity index (χ0n) is 13.3. The topological polar surface area (TPSA) is 81.5 Å². The third-order valence-corrected chi connectivity index (χ3v) is 80.2. The summed E-state index contributed by atoms with van der Waals surface area (Å²) in [5.41, 5.74) is 0. The lowest BCUT2D eigenvalue weighted by Crippen LogP contribution is -2.36. The number of nitro groups is 1. The van der Waals surface area contributed by atoms with Crippen LogP contribution in [0.4, 0.5) is 0 Å². The predicted molar refractivity (Wildman–Crippen MR) is 153 cm³/mol. The van der Waals surface area contributed by atoms with Crippen LogP contribution in [0.5, 0.6) is 0 Å². The summed E-state index contributed by atoms with van der Waals surface area (Å²) in [6.07, 6.45) is 0.147. The number of hydrogen-bond acceptors (Lipinski definition) is 5. The van der Waals surface area contributed by atoms with Gasteiger partial charge in [-0.25, -0.2) is 0 Å². The molecular formula is C5H24N2O4P14. The zero-order valence-corrected chi connectivity index (χ0v) is 27.7. The van der Waals surface area contributed by atoms with Crippen LogP contribution in [-0.2, 0) is 9.32 Å². The van der Waals surface area contributed by atoms with Crippen molar-refractivity contribution in [2.75, 3.05) is 13.6 Å². The highest BCUT2D eigenvalue weighted by atomic mass is 33.3. The third-order valence-electron chi connectivity index (χ3n) is 2.47. The maximum absolute atomic E-state index is 12.7. The van der Waals surface area contributed by atoms with Crippen LogP contribution >= 0.6 is 113 Å². The second kappa shape index (κ2) is 16.5. The Kier molecular flexibility index (Phi) is 19.7. The largest absolute Gasteiger partial charge is 0.433 e. The summed E-state index contributed by atoms with van der Waals surface area (Å²) in [6, 6.07) is -0.627. The molecule has 20 heteroatoms. The first-order valence-electron chi connectivity index (χ1n) is 6.32. The van der Waals surface area contributed by atoms with Crippen molar-refractivity contribution in [2.24, 2.45) is 0 Å². The average molecular weight is 610 g/mol. The lowest BCUT2D eigenvalue weighted by Gasteiger charge is -2.38. The van der Waals surface area contributed by atoms with Gasteiger partial charge in [0.25, 0.3) is 0 Å². The van der Waals surface area contributed by atoms with Gasteiger partial charge < -0.3 is 9.84 Å². The fourth-order valence-electron chi connectivity index (χ4n) is 1.41. The highest BCUT2D eigenvalue weighted by Gasteiger charge is 2.40. The molecule has 0 amide bonds. The number of hydrogen-bond donors (Lipinski definition) is 1. The third kappa shape index (κ3) is 11.9. The van der Waals surface area contributed by atoms with E-state index in [0.29, 0.717) is 7.96 Å². The molecule has 0 aliphatic carbocycles. The number of carbonyl (C=O) groups is 1. The van der Waals surface area contributed by atoms with Crippen LogP contribution in [0.15, 0.2) is 0 Å². The average Bonchev–Trinajstić information content (AvgIpc) is 2.46. The molecule has 0 aliphatic heterocycles. The first kappa shape index (κ1) is 29.9. The van der Waals surface area contributed by atoms with E-state index in [9.17, 15) is 14.9 Å². The molecule has 11 atom stereocenters. The molecule has 0 aromatic rings. The van der Waals surface area contributed by atoms with Crippen LogP contribution in [-0.4, -0.2) is 30.5 Å². The Morgan fingerprint density at radius 2 is 1.72 bits per heavy atom. The Bertz CT molecular complexity index is 418. The van der Waals surface area contributed by atoms with Gasteiger partial charge in [0.05, 0.1) is 0 Å². The van der Waals surface area contributed by atoms with E-state index in [1.54, 1.807) is 7.05 Å². The zero-order chi connectivity index (χ0) is 19.7. The first-order valence-corrected chi connectivity index (χ1v) is 31.2. The van der Waals surface area contributed by atoms with Gasteiger partial charge in [0.1, 0.15) is 6.04 Å². The van der Waals surface area contributed by atoms with Gasteiger partial charge in [-0.05, 0) is 28.0 Å². The van der Waals surface area contributed by atoms with Crippen molar-refractivity contribution in [1.29, 1.82) is 0 Å². The number of likely N-dealkylation sites (N-methyl/N-ethyl adjacent to an activating group) is 1. The SMILES string of the molecule is CNC(CC[N+](=O)[O-])C(=O)OP(P(PP)P(P)P)P(P(P)P)P(P)P. The van der Waals surface area contributed by atoms with Crippen molar-refractivity contribution in [3.63, 3.8) is 0 Å². The second-order valence-electron chi connectivity index (χ2n) is 4.18. The van der Waals surface area contributed by atoms with Gasteiger partial charge in [0, 0.05) is 25.3 Å². The Labute approximate surface area is 174 Å². The number of carbonyl (C=O) groups excluding carboxylic acids is 1. The molecule has 1 N–H and O–H groups in total. The molecule has 0 rings (SSSR count). The van der Waals surface area contributed by atoms with Crippen molar-refractivity contribution < 1.29 is 14.2 Å². The Morgan fingerprint density at radius 3 is 2.04 bits per heavy atom. The van der Waals surface area contributed by atoms with Gasteiger partial charge in [-0.1, -0.05) is 7.96 Å².